The van der Waals surface area contributed by atoms with Gasteiger partial charge >= 0.3 is 5.69 Å². The number of nitro benzene ring substituents is 1. The van der Waals surface area contributed by atoms with Crippen molar-refractivity contribution in [2.45, 2.75) is 70.6 Å². The molecule has 1 aliphatic heterocycles. The first-order valence-electron chi connectivity index (χ1n) is 13.7. The molecule has 0 aromatic heterocycles. The Bertz CT molecular complexity index is 1200. The Morgan fingerprint density at radius 2 is 1.69 bits per heavy atom. The Morgan fingerprint density at radius 1 is 1.05 bits per heavy atom. The van der Waals surface area contributed by atoms with Crippen molar-refractivity contribution in [1.82, 2.24) is 4.90 Å². The van der Waals surface area contributed by atoms with Gasteiger partial charge in [-0.3, -0.25) is 14.9 Å². The van der Waals surface area contributed by atoms with Crippen LogP contribution in [0.5, 0.6) is 5.75 Å². The van der Waals surface area contributed by atoms with E-state index in [2.05, 4.69) is 16.7 Å². The molecule has 0 radical (unpaired) electrons. The summed E-state index contributed by atoms with van der Waals surface area (Å²) in [7, 11) is 0. The predicted molar refractivity (Wildman–Crippen MR) is 149 cm³/mol. The topological polar surface area (TPSA) is 130 Å². The van der Waals surface area contributed by atoms with Gasteiger partial charge in [0.05, 0.1) is 29.3 Å². The second-order valence-corrected chi connectivity index (χ2v) is 10.2. The molecule has 4 rings (SSSR count). The van der Waals surface area contributed by atoms with Crippen LogP contribution in [0.3, 0.4) is 0 Å². The van der Waals surface area contributed by atoms with E-state index in [4.69, 9.17) is 14.7 Å². The van der Waals surface area contributed by atoms with Crippen LogP contribution in [0, 0.1) is 28.4 Å². The summed E-state index contributed by atoms with van der Waals surface area (Å²) in [6, 6.07) is 13.4. The number of anilines is 2. The van der Waals surface area contributed by atoms with Crippen molar-refractivity contribution in [2.24, 2.45) is 0 Å². The van der Waals surface area contributed by atoms with E-state index >= 15 is 0 Å². The van der Waals surface area contributed by atoms with Gasteiger partial charge in [-0.2, -0.15) is 5.26 Å². The van der Waals surface area contributed by atoms with E-state index in [1.165, 1.54) is 6.07 Å². The Balaban J connectivity index is 1.16. The molecule has 0 spiro atoms. The number of aryl methyl sites for hydroxylation is 1. The van der Waals surface area contributed by atoms with Crippen molar-refractivity contribution in [3.63, 3.8) is 0 Å². The Hall–Kier alpha value is -3.84. The molecule has 10 nitrogen and oxygen atoms in total. The summed E-state index contributed by atoms with van der Waals surface area (Å²) < 4.78 is 11.4. The molecule has 2 aromatic rings. The maximum absolute atomic E-state index is 12.8. The zero-order valence-corrected chi connectivity index (χ0v) is 22.7. The van der Waals surface area contributed by atoms with Crippen LogP contribution in [-0.2, 0) is 9.53 Å². The minimum atomic E-state index is -0.443. The van der Waals surface area contributed by atoms with E-state index in [1.807, 2.05) is 30.0 Å². The lowest BCUT2D eigenvalue weighted by atomic mass is 9.92. The Morgan fingerprint density at radius 3 is 2.31 bits per heavy atom. The van der Waals surface area contributed by atoms with Crippen LogP contribution in [0.25, 0.3) is 0 Å². The highest BCUT2D eigenvalue weighted by Gasteiger charge is 2.26. The van der Waals surface area contributed by atoms with Crippen molar-refractivity contribution in [2.75, 3.05) is 36.9 Å². The number of rotatable bonds is 10. The van der Waals surface area contributed by atoms with Gasteiger partial charge in [-0.05, 0) is 82.2 Å². The molecule has 1 saturated heterocycles. The van der Waals surface area contributed by atoms with E-state index in [0.29, 0.717) is 31.3 Å². The number of benzene rings is 2. The Labute approximate surface area is 229 Å². The zero-order valence-electron chi connectivity index (χ0n) is 22.7. The molecule has 208 valence electrons. The monoisotopic (exact) mass is 535 g/mol. The highest BCUT2D eigenvalue weighted by molar-refractivity contribution is 5.77. The Kier molecular flexibility index (Phi) is 9.60. The minimum Gasteiger partial charge on any atom is -0.487 e. The van der Waals surface area contributed by atoms with E-state index in [-0.39, 0.29) is 36.1 Å². The lowest BCUT2D eigenvalue weighted by molar-refractivity contribution is -0.385. The summed E-state index contributed by atoms with van der Waals surface area (Å²) >= 11 is 0. The van der Waals surface area contributed by atoms with E-state index in [0.717, 1.165) is 55.5 Å². The number of ether oxygens (including phenoxy) is 2. The quantitative estimate of drug-likeness (QED) is 0.321. The largest absolute Gasteiger partial charge is 0.487 e. The van der Waals surface area contributed by atoms with Gasteiger partial charge < -0.3 is 25.0 Å². The number of nitro groups is 1. The summed E-state index contributed by atoms with van der Waals surface area (Å²) in [5.41, 5.74) is 3.43. The summed E-state index contributed by atoms with van der Waals surface area (Å²) in [4.78, 5) is 25.4. The van der Waals surface area contributed by atoms with Gasteiger partial charge in [-0.1, -0.05) is 0 Å². The van der Waals surface area contributed by atoms with Gasteiger partial charge in [0.1, 0.15) is 6.61 Å². The number of carbonyl (C=O) groups is 1. The van der Waals surface area contributed by atoms with Crippen LogP contribution >= 0.6 is 0 Å². The minimum absolute atomic E-state index is 0.0238. The third-order valence-electron chi connectivity index (χ3n) is 7.51. The molecule has 1 heterocycles. The summed E-state index contributed by atoms with van der Waals surface area (Å²) in [6.45, 7) is 5.49. The molecule has 10 heteroatoms. The number of carbonyl (C=O) groups excluding carboxylic acids is 1. The van der Waals surface area contributed by atoms with Crippen molar-refractivity contribution in [1.29, 1.82) is 5.26 Å². The van der Waals surface area contributed by atoms with E-state index < -0.39 is 4.92 Å². The third kappa shape index (κ3) is 7.60. The highest BCUT2D eigenvalue weighted by Crippen LogP contribution is 2.31. The molecule has 0 unspecified atom stereocenters. The van der Waals surface area contributed by atoms with Crippen molar-refractivity contribution >= 4 is 23.0 Å². The van der Waals surface area contributed by atoms with Gasteiger partial charge in [0.2, 0.25) is 5.91 Å². The third-order valence-corrected chi connectivity index (χ3v) is 7.51. The van der Waals surface area contributed by atoms with Crippen LogP contribution in [0.1, 0.15) is 56.6 Å². The SMILES string of the molecule is CCOc1cc(NC2CCN(C(=O)COC3CCC(Nc4ccc(C#N)c(C)c4)CC3)CC2)ccc1[N+](=O)[O-]. The van der Waals surface area contributed by atoms with Crippen LogP contribution < -0.4 is 15.4 Å². The number of amides is 1. The highest BCUT2D eigenvalue weighted by atomic mass is 16.6. The van der Waals surface area contributed by atoms with Gasteiger partial charge in [0.25, 0.3) is 0 Å². The molecule has 2 N–H and O–H groups in total. The van der Waals surface area contributed by atoms with Crippen LogP contribution in [0.2, 0.25) is 0 Å². The molecule has 39 heavy (non-hydrogen) atoms. The molecule has 1 amide bonds. The second kappa shape index (κ2) is 13.3. The van der Waals surface area contributed by atoms with E-state index in [1.54, 1.807) is 19.1 Å². The molecule has 0 bridgehead atoms. The van der Waals surface area contributed by atoms with Gasteiger partial charge in [0.15, 0.2) is 5.75 Å². The fraction of sp³-hybridized carbons (Fsp3) is 0.517. The maximum Gasteiger partial charge on any atom is 0.311 e. The average Bonchev–Trinajstić information content (AvgIpc) is 2.93. The first-order valence-corrected chi connectivity index (χ1v) is 13.7. The van der Waals surface area contributed by atoms with Crippen LogP contribution in [0.15, 0.2) is 36.4 Å². The molecule has 1 saturated carbocycles. The molecule has 2 aromatic carbocycles. The fourth-order valence-corrected chi connectivity index (χ4v) is 5.30. The van der Waals surface area contributed by atoms with Crippen molar-refractivity contribution < 1.29 is 19.2 Å². The number of likely N-dealkylation sites (tertiary alicyclic amines) is 1. The molecule has 0 atom stereocenters. The number of hydrogen-bond donors (Lipinski definition) is 2. The summed E-state index contributed by atoms with van der Waals surface area (Å²) in [5, 5.41) is 27.3. The number of nitrogens with one attached hydrogen (secondary N) is 2. The molecular formula is C29H37N5O5. The number of nitriles is 1. The van der Waals surface area contributed by atoms with Crippen molar-refractivity contribution in [3.8, 4) is 11.8 Å². The maximum atomic E-state index is 12.8. The molecule has 2 aliphatic rings. The number of hydrogen-bond acceptors (Lipinski definition) is 8. The first kappa shape index (κ1) is 28.2. The summed E-state index contributed by atoms with van der Waals surface area (Å²) in [6.07, 6.45) is 5.44. The standard InChI is InChI=1S/C29H37N5O5/c1-3-38-28-17-25(8-11-27(28)34(36)37)32-23-12-14-33(15-13-23)29(35)19-39-26-9-6-22(7-10-26)31-24-5-4-21(18-30)20(2)16-24/h4-5,8,11,16-17,22-23,26,31-32H,3,6-7,9-10,12-15,19H2,1-2H3. The molecule has 1 aliphatic carbocycles. The zero-order chi connectivity index (χ0) is 27.8. The van der Waals surface area contributed by atoms with Gasteiger partial charge in [-0.25, -0.2) is 0 Å². The second-order valence-electron chi connectivity index (χ2n) is 10.2. The lowest BCUT2D eigenvalue weighted by Gasteiger charge is -2.34. The predicted octanol–water partition coefficient (Wildman–Crippen LogP) is 5.02. The van der Waals surface area contributed by atoms with Gasteiger partial charge in [0, 0.05) is 48.7 Å². The first-order chi connectivity index (χ1) is 18.9. The van der Waals surface area contributed by atoms with E-state index in [9.17, 15) is 14.9 Å². The van der Waals surface area contributed by atoms with Crippen molar-refractivity contribution in [3.05, 3.63) is 57.6 Å². The summed E-state index contributed by atoms with van der Waals surface area (Å²) in [5.74, 6) is 0.280. The molecular weight excluding hydrogens is 498 g/mol. The van der Waals surface area contributed by atoms with Crippen LogP contribution in [-0.4, -0.2) is 60.2 Å². The lowest BCUT2D eigenvalue weighted by Crippen LogP contribution is -2.44. The van der Waals surface area contributed by atoms with Crippen LogP contribution in [0.4, 0.5) is 17.1 Å². The number of piperidine rings is 1. The smallest absolute Gasteiger partial charge is 0.311 e. The molecule has 2 fully saturated rings. The number of nitrogens with zero attached hydrogens (tertiary/aromatic N) is 3. The fourth-order valence-electron chi connectivity index (χ4n) is 5.30. The average molecular weight is 536 g/mol. The van der Waals surface area contributed by atoms with Gasteiger partial charge in [-0.15, -0.1) is 0 Å². The normalized spacial score (nSPS) is 19.7.